The molecule has 2 aromatic rings. The Morgan fingerprint density at radius 2 is 2.06 bits per heavy atom. The molecule has 18 heavy (non-hydrogen) atoms. The van der Waals surface area contributed by atoms with Gasteiger partial charge < -0.3 is 0 Å². The highest BCUT2D eigenvalue weighted by molar-refractivity contribution is 5.78. The minimum absolute atomic E-state index is 0.0687. The standard InChI is InChI=1S/C13H13FN2O2/c1-8(2)7-16-10-6-4-5-9(14)11(10)12(17)15(3)13(16)18/h4-6H,1,7H2,2-3H3. The lowest BCUT2D eigenvalue weighted by molar-refractivity contribution is 0.624. The Bertz CT molecular complexity index is 756. The van der Waals surface area contributed by atoms with Crippen molar-refractivity contribution in [3.8, 4) is 0 Å². The molecule has 0 saturated carbocycles. The van der Waals surface area contributed by atoms with Gasteiger partial charge in [-0.15, -0.1) is 0 Å². The molecule has 0 fully saturated rings. The monoisotopic (exact) mass is 248 g/mol. The van der Waals surface area contributed by atoms with Crippen molar-refractivity contribution >= 4 is 10.9 Å². The first-order chi connectivity index (χ1) is 8.43. The van der Waals surface area contributed by atoms with Crippen LogP contribution in [0.5, 0.6) is 0 Å². The molecule has 0 bridgehead atoms. The molecule has 0 radical (unpaired) electrons. The van der Waals surface area contributed by atoms with Crippen LogP contribution in [0.3, 0.4) is 0 Å². The molecule has 0 spiro atoms. The Morgan fingerprint density at radius 1 is 1.39 bits per heavy atom. The van der Waals surface area contributed by atoms with Gasteiger partial charge in [-0.1, -0.05) is 18.2 Å². The molecule has 4 nitrogen and oxygen atoms in total. The molecule has 0 aliphatic carbocycles. The van der Waals surface area contributed by atoms with E-state index in [2.05, 4.69) is 6.58 Å². The molecule has 0 atom stereocenters. The average Bonchev–Trinajstić information content (AvgIpc) is 2.31. The quantitative estimate of drug-likeness (QED) is 0.754. The van der Waals surface area contributed by atoms with E-state index in [0.717, 1.165) is 10.1 Å². The summed E-state index contributed by atoms with van der Waals surface area (Å²) in [6, 6.07) is 4.24. The van der Waals surface area contributed by atoms with Gasteiger partial charge in [-0.2, -0.15) is 0 Å². The predicted octanol–water partition coefficient (Wildman–Crippen LogP) is 1.42. The van der Waals surface area contributed by atoms with E-state index >= 15 is 0 Å². The number of nitrogens with zero attached hydrogens (tertiary/aromatic N) is 2. The zero-order valence-corrected chi connectivity index (χ0v) is 10.2. The van der Waals surface area contributed by atoms with Crippen LogP contribution in [0.15, 0.2) is 39.9 Å². The van der Waals surface area contributed by atoms with Crippen molar-refractivity contribution in [3.05, 3.63) is 57.0 Å². The fourth-order valence-electron chi connectivity index (χ4n) is 1.91. The fraction of sp³-hybridized carbons (Fsp3) is 0.231. The van der Waals surface area contributed by atoms with E-state index in [1.165, 1.54) is 23.7 Å². The molecular formula is C13H13FN2O2. The smallest absolute Gasteiger partial charge is 0.289 e. The average molecular weight is 248 g/mol. The number of aromatic nitrogens is 2. The van der Waals surface area contributed by atoms with Crippen molar-refractivity contribution in [1.29, 1.82) is 0 Å². The maximum absolute atomic E-state index is 13.7. The Balaban J connectivity index is 3.02. The van der Waals surface area contributed by atoms with Crippen LogP contribution in [0.1, 0.15) is 6.92 Å². The summed E-state index contributed by atoms with van der Waals surface area (Å²) in [6.45, 7) is 5.76. The molecule has 94 valence electrons. The number of hydrogen-bond acceptors (Lipinski definition) is 2. The van der Waals surface area contributed by atoms with Crippen LogP contribution in [0.2, 0.25) is 0 Å². The van der Waals surface area contributed by atoms with Crippen molar-refractivity contribution in [3.63, 3.8) is 0 Å². The summed E-state index contributed by atoms with van der Waals surface area (Å²) in [7, 11) is 1.34. The highest BCUT2D eigenvalue weighted by Crippen LogP contribution is 2.12. The maximum atomic E-state index is 13.7. The van der Waals surface area contributed by atoms with E-state index in [9.17, 15) is 14.0 Å². The fourth-order valence-corrected chi connectivity index (χ4v) is 1.91. The third-order valence-corrected chi connectivity index (χ3v) is 2.75. The van der Waals surface area contributed by atoms with E-state index in [4.69, 9.17) is 0 Å². The normalized spacial score (nSPS) is 10.8. The van der Waals surface area contributed by atoms with Gasteiger partial charge in [0.1, 0.15) is 5.82 Å². The number of halogens is 1. The van der Waals surface area contributed by atoms with Gasteiger partial charge in [-0.25, -0.2) is 9.18 Å². The first kappa shape index (κ1) is 12.3. The van der Waals surface area contributed by atoms with Crippen molar-refractivity contribution < 1.29 is 4.39 Å². The Hall–Kier alpha value is -2.17. The van der Waals surface area contributed by atoms with Crippen LogP contribution < -0.4 is 11.2 Å². The minimum atomic E-state index is -0.622. The van der Waals surface area contributed by atoms with Crippen LogP contribution in [0, 0.1) is 5.82 Å². The molecule has 0 saturated heterocycles. The summed E-state index contributed by atoms with van der Waals surface area (Å²) < 4.78 is 16.0. The van der Waals surface area contributed by atoms with E-state index < -0.39 is 17.1 Å². The Labute approximate surface area is 103 Å². The highest BCUT2D eigenvalue weighted by atomic mass is 19.1. The lowest BCUT2D eigenvalue weighted by atomic mass is 10.2. The predicted molar refractivity (Wildman–Crippen MR) is 68.2 cm³/mol. The summed E-state index contributed by atoms with van der Waals surface area (Å²) >= 11 is 0. The molecule has 2 rings (SSSR count). The first-order valence-corrected chi connectivity index (χ1v) is 5.46. The summed E-state index contributed by atoms with van der Waals surface area (Å²) in [6.07, 6.45) is 0. The third kappa shape index (κ3) is 1.77. The molecule has 0 aliphatic heterocycles. The van der Waals surface area contributed by atoms with Crippen LogP contribution in [-0.4, -0.2) is 9.13 Å². The van der Waals surface area contributed by atoms with Crippen molar-refractivity contribution in [1.82, 2.24) is 9.13 Å². The molecule has 0 aliphatic rings. The Kier molecular flexibility index (Phi) is 2.90. The molecule has 0 unspecified atom stereocenters. The summed E-state index contributed by atoms with van der Waals surface area (Å²) in [5.74, 6) is -0.622. The second kappa shape index (κ2) is 4.25. The van der Waals surface area contributed by atoms with Gasteiger partial charge in [-0.3, -0.25) is 13.9 Å². The molecule has 1 aromatic heterocycles. The molecule has 1 aromatic carbocycles. The largest absolute Gasteiger partial charge is 0.331 e. The van der Waals surface area contributed by atoms with Gasteiger partial charge in [0.2, 0.25) is 0 Å². The van der Waals surface area contributed by atoms with E-state index in [-0.39, 0.29) is 11.9 Å². The van der Waals surface area contributed by atoms with Crippen LogP contribution in [0.4, 0.5) is 4.39 Å². The zero-order valence-electron chi connectivity index (χ0n) is 10.2. The molecule has 1 heterocycles. The molecule has 0 N–H and O–H groups in total. The van der Waals surface area contributed by atoms with Crippen LogP contribution >= 0.6 is 0 Å². The lowest BCUT2D eigenvalue weighted by Crippen LogP contribution is -2.38. The Morgan fingerprint density at radius 3 is 2.67 bits per heavy atom. The van der Waals surface area contributed by atoms with Gasteiger partial charge in [0.15, 0.2) is 0 Å². The summed E-state index contributed by atoms with van der Waals surface area (Å²) in [5.41, 5.74) is -0.0421. The van der Waals surface area contributed by atoms with Gasteiger partial charge in [0.25, 0.3) is 5.56 Å². The van der Waals surface area contributed by atoms with Gasteiger partial charge in [0.05, 0.1) is 10.9 Å². The number of hydrogen-bond donors (Lipinski definition) is 0. The van der Waals surface area contributed by atoms with E-state index in [1.54, 1.807) is 13.0 Å². The number of fused-ring (bicyclic) bond motifs is 1. The zero-order chi connectivity index (χ0) is 13.4. The van der Waals surface area contributed by atoms with E-state index in [1.807, 2.05) is 0 Å². The molecular weight excluding hydrogens is 235 g/mol. The molecule has 0 amide bonds. The SMILES string of the molecule is C=C(C)Cn1c(=O)n(C)c(=O)c2c(F)cccc21. The molecule has 5 heteroatoms. The number of allylic oxidation sites excluding steroid dienone is 1. The van der Waals surface area contributed by atoms with Crippen molar-refractivity contribution in [2.45, 2.75) is 13.5 Å². The van der Waals surface area contributed by atoms with Gasteiger partial charge in [-0.05, 0) is 19.1 Å². The summed E-state index contributed by atoms with van der Waals surface area (Å²) in [4.78, 5) is 23.9. The highest BCUT2D eigenvalue weighted by Gasteiger charge is 2.13. The number of benzene rings is 1. The van der Waals surface area contributed by atoms with Crippen LogP contribution in [0.25, 0.3) is 10.9 Å². The van der Waals surface area contributed by atoms with Crippen molar-refractivity contribution in [2.75, 3.05) is 0 Å². The summed E-state index contributed by atoms with van der Waals surface area (Å²) in [5, 5.41) is -0.0687. The topological polar surface area (TPSA) is 44.0 Å². The first-order valence-electron chi connectivity index (χ1n) is 5.46. The van der Waals surface area contributed by atoms with E-state index in [0.29, 0.717) is 5.52 Å². The van der Waals surface area contributed by atoms with Crippen molar-refractivity contribution in [2.24, 2.45) is 7.05 Å². The number of rotatable bonds is 2. The maximum Gasteiger partial charge on any atom is 0.331 e. The van der Waals surface area contributed by atoms with Gasteiger partial charge >= 0.3 is 5.69 Å². The lowest BCUT2D eigenvalue weighted by Gasteiger charge is -2.12. The second-order valence-corrected chi connectivity index (χ2v) is 4.32. The van der Waals surface area contributed by atoms with Crippen LogP contribution in [-0.2, 0) is 13.6 Å². The minimum Gasteiger partial charge on any atom is -0.289 e. The third-order valence-electron chi connectivity index (χ3n) is 2.75. The van der Waals surface area contributed by atoms with Gasteiger partial charge in [0, 0.05) is 13.6 Å². The second-order valence-electron chi connectivity index (χ2n) is 4.32.